The molecule has 4 aromatic carbocycles. The first kappa shape index (κ1) is 34.4. The predicted molar refractivity (Wildman–Crippen MR) is 180 cm³/mol. The van der Waals surface area contributed by atoms with Gasteiger partial charge in [-0.05, 0) is 73.7 Å². The molecule has 0 aliphatic heterocycles. The Morgan fingerprint density at radius 2 is 1.43 bits per heavy atom. The second-order valence-corrected chi connectivity index (χ2v) is 14.0. The summed E-state index contributed by atoms with van der Waals surface area (Å²) < 4.78 is 43.5. The van der Waals surface area contributed by atoms with Crippen LogP contribution in [0, 0.1) is 32.5 Å². The van der Waals surface area contributed by atoms with Crippen molar-refractivity contribution in [2.24, 2.45) is 5.92 Å². The van der Waals surface area contributed by atoms with Gasteiger partial charge in [0.15, 0.2) is 0 Å². The van der Waals surface area contributed by atoms with E-state index in [1.54, 1.807) is 43.3 Å². The molecule has 4 rings (SSSR count). The van der Waals surface area contributed by atoms with Crippen molar-refractivity contribution in [3.63, 3.8) is 0 Å². The minimum absolute atomic E-state index is 0.0307. The first-order valence-corrected chi connectivity index (χ1v) is 16.8. The van der Waals surface area contributed by atoms with Gasteiger partial charge in [0.1, 0.15) is 18.4 Å². The van der Waals surface area contributed by atoms with Crippen LogP contribution in [0.1, 0.15) is 41.7 Å². The monoisotopic (exact) mass is 643 g/mol. The fourth-order valence-electron chi connectivity index (χ4n) is 5.20. The number of benzene rings is 4. The van der Waals surface area contributed by atoms with Gasteiger partial charge < -0.3 is 10.2 Å². The Morgan fingerprint density at radius 3 is 2.04 bits per heavy atom. The number of carbonyl (C=O) groups is 2. The van der Waals surface area contributed by atoms with Crippen molar-refractivity contribution in [1.82, 2.24) is 10.2 Å². The van der Waals surface area contributed by atoms with E-state index < -0.39 is 34.3 Å². The maximum atomic E-state index is 14.5. The summed E-state index contributed by atoms with van der Waals surface area (Å²) in [5.41, 5.74) is 4.33. The van der Waals surface area contributed by atoms with E-state index in [2.05, 4.69) is 5.32 Å². The summed E-state index contributed by atoms with van der Waals surface area (Å²) in [6.07, 6.45) is 0.200. The van der Waals surface area contributed by atoms with Crippen LogP contribution in [0.2, 0.25) is 0 Å². The molecule has 0 unspecified atom stereocenters. The molecule has 4 aromatic rings. The molecule has 0 aromatic heterocycles. The molecule has 46 heavy (non-hydrogen) atoms. The average molecular weight is 644 g/mol. The lowest BCUT2D eigenvalue weighted by Gasteiger charge is -2.34. The van der Waals surface area contributed by atoms with Crippen molar-refractivity contribution in [2.45, 2.75) is 58.5 Å². The summed E-state index contributed by atoms with van der Waals surface area (Å²) in [4.78, 5) is 29.9. The molecule has 242 valence electrons. The zero-order chi connectivity index (χ0) is 33.4. The number of aryl methyl sites for hydroxylation is 3. The number of hydrogen-bond donors (Lipinski definition) is 1. The number of carbonyl (C=O) groups excluding carboxylic acids is 2. The summed E-state index contributed by atoms with van der Waals surface area (Å²) in [6, 6.07) is 26.0. The molecule has 2 amide bonds. The smallest absolute Gasteiger partial charge is 0.264 e. The Kier molecular flexibility index (Phi) is 11.4. The van der Waals surface area contributed by atoms with Crippen molar-refractivity contribution in [2.75, 3.05) is 17.4 Å². The molecular formula is C37H42FN3O4S. The second-order valence-electron chi connectivity index (χ2n) is 12.1. The Hall–Kier alpha value is -4.50. The van der Waals surface area contributed by atoms with Crippen molar-refractivity contribution in [1.29, 1.82) is 0 Å². The first-order valence-electron chi connectivity index (χ1n) is 15.4. The highest BCUT2D eigenvalue weighted by molar-refractivity contribution is 7.92. The van der Waals surface area contributed by atoms with Crippen molar-refractivity contribution >= 4 is 27.5 Å². The summed E-state index contributed by atoms with van der Waals surface area (Å²) in [7, 11) is -4.20. The van der Waals surface area contributed by atoms with Gasteiger partial charge in [-0.15, -0.1) is 0 Å². The van der Waals surface area contributed by atoms with Crippen LogP contribution in [0.25, 0.3) is 0 Å². The molecule has 0 saturated heterocycles. The molecular weight excluding hydrogens is 601 g/mol. The van der Waals surface area contributed by atoms with E-state index in [9.17, 15) is 22.4 Å². The van der Waals surface area contributed by atoms with Gasteiger partial charge in [0, 0.05) is 19.5 Å². The Balaban J connectivity index is 1.82. The molecule has 0 fully saturated rings. The normalized spacial score (nSPS) is 12.1. The lowest BCUT2D eigenvalue weighted by atomic mass is 10.0. The summed E-state index contributed by atoms with van der Waals surface area (Å²) in [5.74, 6) is -1.18. The highest BCUT2D eigenvalue weighted by Crippen LogP contribution is 2.29. The number of hydrogen-bond acceptors (Lipinski definition) is 4. The molecule has 0 aliphatic carbocycles. The van der Waals surface area contributed by atoms with Gasteiger partial charge in [-0.2, -0.15) is 0 Å². The standard InChI is InChI=1S/C37H42FN3O4S/c1-26(2)23-39-37(43)35(22-30-9-7-6-8-10-30)40(24-31-14-16-32(38)17-15-31)36(42)25-41(34-20-13-28(4)21-29(34)5)46(44,45)33-18-11-27(3)12-19-33/h6-21,26,35H,22-25H2,1-5H3,(H,39,43)/t35-/m1/s1. The lowest BCUT2D eigenvalue weighted by molar-refractivity contribution is -0.140. The quantitative estimate of drug-likeness (QED) is 0.184. The van der Waals surface area contributed by atoms with Crippen LogP contribution in [0.15, 0.2) is 102 Å². The molecule has 0 heterocycles. The first-order chi connectivity index (χ1) is 21.8. The molecule has 0 saturated carbocycles. The van der Waals surface area contributed by atoms with E-state index in [0.717, 1.165) is 21.0 Å². The highest BCUT2D eigenvalue weighted by Gasteiger charge is 2.35. The largest absolute Gasteiger partial charge is 0.354 e. The number of halogens is 1. The van der Waals surface area contributed by atoms with Crippen molar-refractivity contribution < 1.29 is 22.4 Å². The summed E-state index contributed by atoms with van der Waals surface area (Å²) in [6.45, 7) is 9.36. The van der Waals surface area contributed by atoms with Gasteiger partial charge in [0.2, 0.25) is 11.8 Å². The Bertz CT molecular complexity index is 1740. The molecule has 1 atom stereocenters. The van der Waals surface area contributed by atoms with Crippen molar-refractivity contribution in [3.05, 3.63) is 131 Å². The molecule has 9 heteroatoms. The maximum Gasteiger partial charge on any atom is 0.264 e. The minimum Gasteiger partial charge on any atom is -0.354 e. The van der Waals surface area contributed by atoms with Gasteiger partial charge in [-0.25, -0.2) is 12.8 Å². The summed E-state index contributed by atoms with van der Waals surface area (Å²) in [5, 5.41) is 2.97. The van der Waals surface area contributed by atoms with Crippen molar-refractivity contribution in [3.8, 4) is 0 Å². The van der Waals surface area contributed by atoms with Crippen LogP contribution < -0.4 is 9.62 Å². The second kappa shape index (κ2) is 15.2. The fourth-order valence-corrected chi connectivity index (χ4v) is 6.68. The van der Waals surface area contributed by atoms with Gasteiger partial charge in [0.25, 0.3) is 10.0 Å². The van der Waals surface area contributed by atoms with Crippen LogP contribution >= 0.6 is 0 Å². The minimum atomic E-state index is -4.20. The number of sulfonamides is 1. The fraction of sp³-hybridized carbons (Fsp3) is 0.297. The molecule has 0 bridgehead atoms. The SMILES string of the molecule is Cc1ccc(S(=O)(=O)N(CC(=O)N(Cc2ccc(F)cc2)[C@H](Cc2ccccc2)C(=O)NCC(C)C)c2ccc(C)cc2C)cc1. The van der Waals surface area contributed by atoms with E-state index in [0.29, 0.717) is 23.4 Å². The van der Waals surface area contributed by atoms with E-state index in [1.807, 2.05) is 64.1 Å². The van der Waals surface area contributed by atoms with E-state index in [-0.39, 0.29) is 29.7 Å². The molecule has 0 aliphatic rings. The van der Waals surface area contributed by atoms with E-state index >= 15 is 0 Å². The average Bonchev–Trinajstić information content (AvgIpc) is 3.02. The van der Waals surface area contributed by atoms with Crippen LogP contribution in [-0.2, 0) is 32.6 Å². The van der Waals surface area contributed by atoms with Crippen LogP contribution in [-0.4, -0.2) is 44.3 Å². The van der Waals surface area contributed by atoms with Crippen LogP contribution in [0.5, 0.6) is 0 Å². The molecule has 7 nitrogen and oxygen atoms in total. The Labute approximate surface area is 272 Å². The van der Waals surface area contributed by atoms with Crippen LogP contribution in [0.3, 0.4) is 0 Å². The number of amides is 2. The van der Waals surface area contributed by atoms with E-state index in [4.69, 9.17) is 0 Å². The van der Waals surface area contributed by atoms with Gasteiger partial charge in [-0.3, -0.25) is 13.9 Å². The topological polar surface area (TPSA) is 86.8 Å². The zero-order valence-electron chi connectivity index (χ0n) is 27.0. The molecule has 0 spiro atoms. The third kappa shape index (κ3) is 8.81. The van der Waals surface area contributed by atoms with Crippen LogP contribution in [0.4, 0.5) is 10.1 Å². The number of nitrogens with zero attached hydrogens (tertiary/aromatic N) is 2. The van der Waals surface area contributed by atoms with Gasteiger partial charge >= 0.3 is 0 Å². The maximum absolute atomic E-state index is 14.5. The summed E-state index contributed by atoms with van der Waals surface area (Å²) >= 11 is 0. The highest BCUT2D eigenvalue weighted by atomic mass is 32.2. The molecule has 0 radical (unpaired) electrons. The number of rotatable bonds is 13. The lowest BCUT2D eigenvalue weighted by Crippen LogP contribution is -2.53. The predicted octanol–water partition coefficient (Wildman–Crippen LogP) is 6.36. The third-order valence-electron chi connectivity index (χ3n) is 7.73. The zero-order valence-corrected chi connectivity index (χ0v) is 27.9. The third-order valence-corrected chi connectivity index (χ3v) is 9.50. The molecule has 1 N–H and O–H groups in total. The van der Waals surface area contributed by atoms with Gasteiger partial charge in [0.05, 0.1) is 10.6 Å². The van der Waals surface area contributed by atoms with E-state index in [1.165, 1.54) is 29.2 Å². The number of anilines is 1. The van der Waals surface area contributed by atoms with Gasteiger partial charge in [-0.1, -0.05) is 91.7 Å². The Morgan fingerprint density at radius 1 is 0.804 bits per heavy atom. The number of nitrogens with one attached hydrogen (secondary N) is 1.